The second-order valence-electron chi connectivity index (χ2n) is 8.92. The lowest BCUT2D eigenvalue weighted by molar-refractivity contribution is -0.121. The molecule has 2 aromatic rings. The molecule has 0 spiro atoms. The molecule has 2 aliphatic carbocycles. The molecule has 0 radical (unpaired) electrons. The Morgan fingerprint density at radius 2 is 1.97 bits per heavy atom. The number of aromatic amines is 1. The van der Waals surface area contributed by atoms with Crippen molar-refractivity contribution in [1.29, 1.82) is 5.26 Å². The van der Waals surface area contributed by atoms with Crippen LogP contribution in [0.1, 0.15) is 37.4 Å². The molecule has 5 atom stereocenters. The summed E-state index contributed by atoms with van der Waals surface area (Å²) in [7, 11) is 0. The molecule has 1 aromatic carbocycles. The maximum absolute atomic E-state index is 13.0. The van der Waals surface area contributed by atoms with E-state index >= 15 is 0 Å². The molecule has 0 fully saturated rings. The largest absolute Gasteiger partial charge is 0.328 e. The van der Waals surface area contributed by atoms with E-state index in [0.29, 0.717) is 10.9 Å². The number of pyridine rings is 1. The number of ketones is 1. The van der Waals surface area contributed by atoms with Gasteiger partial charge in [-0.15, -0.1) is 0 Å². The molecule has 0 amide bonds. The molecule has 1 aliphatic heterocycles. The molecule has 7 heteroatoms. The van der Waals surface area contributed by atoms with E-state index in [0.717, 1.165) is 22.4 Å². The fourth-order valence-corrected chi connectivity index (χ4v) is 5.98. The third-order valence-electron chi connectivity index (χ3n) is 7.12. The lowest BCUT2D eigenvalue weighted by Gasteiger charge is -2.50. The van der Waals surface area contributed by atoms with E-state index in [1.807, 2.05) is 44.2 Å². The summed E-state index contributed by atoms with van der Waals surface area (Å²) >= 11 is 3.35. The Labute approximate surface area is 200 Å². The number of hydrogen-bond donors (Lipinski definition) is 2. The van der Waals surface area contributed by atoms with Crippen molar-refractivity contribution < 1.29 is 4.79 Å². The Hall–Kier alpha value is -3.08. The predicted octanol–water partition coefficient (Wildman–Crippen LogP) is 4.12. The van der Waals surface area contributed by atoms with Crippen molar-refractivity contribution in [3.05, 3.63) is 91.8 Å². The summed E-state index contributed by atoms with van der Waals surface area (Å²) in [5.41, 5.74) is 3.17. The SMILES string of the molecule is CC1N=C2C(=CC[C@H]3[C@H](C)C(=O)C(C#N)=C[C@]23c2ccccc2)C(c2c[nH]c(=O)c(Br)c2)N1. The number of nitriles is 1. The number of nitrogens with one attached hydrogen (secondary N) is 2. The van der Waals surface area contributed by atoms with Crippen LogP contribution in [0.3, 0.4) is 0 Å². The topological polar surface area (TPSA) is 98.1 Å². The summed E-state index contributed by atoms with van der Waals surface area (Å²) in [6.45, 7) is 3.92. The molecule has 166 valence electrons. The van der Waals surface area contributed by atoms with Crippen LogP contribution in [0.25, 0.3) is 0 Å². The Balaban J connectivity index is 1.77. The number of hydrogen-bond acceptors (Lipinski definition) is 5. The van der Waals surface area contributed by atoms with Gasteiger partial charge in [-0.3, -0.25) is 19.9 Å². The fourth-order valence-electron chi connectivity index (χ4n) is 5.60. The monoisotopic (exact) mass is 502 g/mol. The van der Waals surface area contributed by atoms with Crippen LogP contribution in [0.4, 0.5) is 0 Å². The van der Waals surface area contributed by atoms with E-state index in [9.17, 15) is 14.9 Å². The predicted molar refractivity (Wildman–Crippen MR) is 130 cm³/mol. The van der Waals surface area contributed by atoms with Crippen LogP contribution in [0, 0.1) is 23.2 Å². The second-order valence-corrected chi connectivity index (χ2v) is 9.78. The van der Waals surface area contributed by atoms with Crippen LogP contribution < -0.4 is 10.9 Å². The van der Waals surface area contributed by atoms with Gasteiger partial charge in [0.1, 0.15) is 6.07 Å². The second kappa shape index (κ2) is 8.05. The summed E-state index contributed by atoms with van der Waals surface area (Å²) in [6, 6.07) is 13.9. The number of carbonyl (C=O) groups is 1. The highest BCUT2D eigenvalue weighted by Crippen LogP contribution is 2.52. The third-order valence-corrected chi connectivity index (χ3v) is 7.71. The maximum Gasteiger partial charge on any atom is 0.262 e. The molecule has 1 aromatic heterocycles. The van der Waals surface area contributed by atoms with Crippen molar-refractivity contribution in [3.8, 4) is 6.07 Å². The van der Waals surface area contributed by atoms with Gasteiger partial charge in [-0.2, -0.15) is 5.26 Å². The van der Waals surface area contributed by atoms with Crippen molar-refractivity contribution in [2.45, 2.75) is 37.9 Å². The molecule has 6 nitrogen and oxygen atoms in total. The van der Waals surface area contributed by atoms with E-state index < -0.39 is 5.41 Å². The van der Waals surface area contributed by atoms with Crippen LogP contribution >= 0.6 is 15.9 Å². The molecular weight excluding hydrogens is 480 g/mol. The molecule has 5 rings (SSSR count). The Bertz CT molecular complexity index is 1330. The Morgan fingerprint density at radius 3 is 2.67 bits per heavy atom. The normalized spacial score (nSPS) is 30.8. The molecule has 0 saturated carbocycles. The van der Waals surface area contributed by atoms with Gasteiger partial charge in [0.2, 0.25) is 0 Å². The minimum Gasteiger partial charge on any atom is -0.328 e. The number of Topliss-reactive ketones (excluding diaryl/α,β-unsaturated/α-hetero) is 1. The van der Waals surface area contributed by atoms with Crippen molar-refractivity contribution in [2.24, 2.45) is 16.8 Å². The number of aromatic nitrogens is 1. The van der Waals surface area contributed by atoms with Gasteiger partial charge < -0.3 is 4.98 Å². The number of allylic oxidation sites excluding steroid dienone is 3. The van der Waals surface area contributed by atoms with Crippen LogP contribution in [-0.4, -0.2) is 22.6 Å². The number of carbonyl (C=O) groups excluding carboxylic acids is 1. The standard InChI is InChI=1S/C26H23BrN4O2/c1-14-20-9-8-19-22(16-10-21(27)25(33)29-13-16)30-15(2)31-24(19)26(20,11-17(12-28)23(14)32)18-6-4-3-5-7-18/h3-8,10-11,13-15,20,22,30H,9H2,1-2H3,(H,29,33)/t14-,15?,20-,22?,26+/m0/s1. The molecular formula is C26H23BrN4O2. The van der Waals surface area contributed by atoms with Gasteiger partial charge in [-0.25, -0.2) is 0 Å². The first-order valence-electron chi connectivity index (χ1n) is 11.0. The zero-order valence-corrected chi connectivity index (χ0v) is 19.9. The van der Waals surface area contributed by atoms with Gasteiger partial charge in [-0.05, 0) is 64.0 Å². The van der Waals surface area contributed by atoms with Crippen LogP contribution in [0.15, 0.2) is 80.2 Å². The fraction of sp³-hybridized carbons (Fsp3) is 0.308. The zero-order valence-electron chi connectivity index (χ0n) is 18.3. The minimum absolute atomic E-state index is 0.0414. The molecule has 0 bridgehead atoms. The first-order chi connectivity index (χ1) is 15.9. The molecule has 33 heavy (non-hydrogen) atoms. The molecule has 0 saturated heterocycles. The van der Waals surface area contributed by atoms with E-state index in [2.05, 4.69) is 50.5 Å². The zero-order chi connectivity index (χ0) is 23.3. The van der Waals surface area contributed by atoms with E-state index in [4.69, 9.17) is 4.99 Å². The van der Waals surface area contributed by atoms with Gasteiger partial charge in [0.15, 0.2) is 5.78 Å². The quantitative estimate of drug-likeness (QED) is 0.644. The smallest absolute Gasteiger partial charge is 0.262 e. The number of H-pyrrole nitrogens is 1. The van der Waals surface area contributed by atoms with Gasteiger partial charge >= 0.3 is 0 Å². The Kier molecular flexibility index (Phi) is 5.31. The molecule has 3 aliphatic rings. The number of benzene rings is 1. The van der Waals surface area contributed by atoms with Crippen LogP contribution in [0.2, 0.25) is 0 Å². The number of aliphatic imine (C=N–C) groups is 1. The van der Waals surface area contributed by atoms with Crippen LogP contribution in [0.5, 0.6) is 0 Å². The summed E-state index contributed by atoms with van der Waals surface area (Å²) in [5, 5.41) is 13.4. The average molecular weight is 503 g/mol. The average Bonchev–Trinajstić information content (AvgIpc) is 2.83. The summed E-state index contributed by atoms with van der Waals surface area (Å²) in [6.07, 6.45) is 6.25. The van der Waals surface area contributed by atoms with E-state index in [1.165, 1.54) is 0 Å². The molecule has 2 N–H and O–H groups in total. The minimum atomic E-state index is -0.683. The first kappa shape index (κ1) is 21.7. The Morgan fingerprint density at radius 1 is 1.21 bits per heavy atom. The highest BCUT2D eigenvalue weighted by Gasteiger charge is 2.55. The van der Waals surface area contributed by atoms with Crippen LogP contribution in [-0.2, 0) is 10.2 Å². The van der Waals surface area contributed by atoms with Gasteiger partial charge in [0, 0.05) is 12.1 Å². The van der Waals surface area contributed by atoms with Gasteiger partial charge in [0.05, 0.1) is 33.4 Å². The van der Waals surface area contributed by atoms with Gasteiger partial charge in [-0.1, -0.05) is 43.3 Å². The van der Waals surface area contributed by atoms with E-state index in [-0.39, 0.29) is 41.0 Å². The first-order valence-corrected chi connectivity index (χ1v) is 11.8. The van der Waals surface area contributed by atoms with Crippen molar-refractivity contribution in [1.82, 2.24) is 10.3 Å². The highest BCUT2D eigenvalue weighted by atomic mass is 79.9. The molecule has 2 heterocycles. The van der Waals surface area contributed by atoms with Crippen molar-refractivity contribution >= 4 is 27.4 Å². The third kappa shape index (κ3) is 3.28. The summed E-state index contributed by atoms with van der Waals surface area (Å²) in [5.74, 6) is -0.453. The van der Waals surface area contributed by atoms with E-state index in [1.54, 1.807) is 6.20 Å². The lowest BCUT2D eigenvalue weighted by atomic mass is 9.53. The van der Waals surface area contributed by atoms with Crippen molar-refractivity contribution in [3.63, 3.8) is 0 Å². The highest BCUT2D eigenvalue weighted by molar-refractivity contribution is 9.10. The number of halogens is 1. The van der Waals surface area contributed by atoms with Crippen molar-refractivity contribution in [2.75, 3.05) is 0 Å². The number of rotatable bonds is 2. The van der Waals surface area contributed by atoms with Gasteiger partial charge in [0.25, 0.3) is 5.56 Å². The summed E-state index contributed by atoms with van der Waals surface area (Å²) in [4.78, 5) is 32.8. The molecule has 2 unspecified atom stereocenters. The number of fused-ring (bicyclic) bond motifs is 3. The number of nitrogens with zero attached hydrogens (tertiary/aromatic N) is 2. The summed E-state index contributed by atoms with van der Waals surface area (Å²) < 4.78 is 0.467. The lowest BCUT2D eigenvalue weighted by Crippen LogP contribution is -2.55. The maximum atomic E-state index is 13.0.